The van der Waals surface area contributed by atoms with Crippen LogP contribution in [0.15, 0.2) is 60.9 Å². The zero-order valence-corrected chi connectivity index (χ0v) is 17.4. The molecule has 0 aliphatic rings. The largest absolute Gasteiger partial charge is 0.491 e. The number of alkyl halides is 3. The minimum atomic E-state index is -4.58. The average Bonchev–Trinajstić information content (AvgIpc) is 3.25. The lowest BCUT2D eigenvalue weighted by Gasteiger charge is -2.12. The lowest BCUT2D eigenvalue weighted by atomic mass is 10.0. The summed E-state index contributed by atoms with van der Waals surface area (Å²) in [5.74, 6) is -0.240. The van der Waals surface area contributed by atoms with Gasteiger partial charge in [0.1, 0.15) is 24.3 Å². The fourth-order valence-corrected chi connectivity index (χ4v) is 3.12. The number of anilines is 1. The zero-order chi connectivity index (χ0) is 24.3. The summed E-state index contributed by atoms with van der Waals surface area (Å²) in [6.07, 6.45) is -3.02. The first-order chi connectivity index (χ1) is 16.3. The highest BCUT2D eigenvalue weighted by Crippen LogP contribution is 2.36. The van der Waals surface area contributed by atoms with E-state index >= 15 is 0 Å². The summed E-state index contributed by atoms with van der Waals surface area (Å²) in [5, 5.41) is 25.0. The van der Waals surface area contributed by atoms with Crippen LogP contribution in [0, 0.1) is 0 Å². The number of pyridine rings is 1. The third-order valence-corrected chi connectivity index (χ3v) is 4.73. The molecule has 12 heteroatoms. The number of nitrogens with zero attached hydrogens (tertiary/aromatic N) is 4. The number of halogens is 3. The van der Waals surface area contributed by atoms with Gasteiger partial charge < -0.3 is 20.3 Å². The summed E-state index contributed by atoms with van der Waals surface area (Å²) < 4.78 is 46.8. The molecule has 176 valence electrons. The van der Waals surface area contributed by atoms with Crippen molar-refractivity contribution in [2.45, 2.75) is 12.3 Å². The van der Waals surface area contributed by atoms with E-state index in [1.807, 2.05) is 0 Å². The van der Waals surface area contributed by atoms with Gasteiger partial charge in [-0.05, 0) is 24.3 Å². The maximum Gasteiger partial charge on any atom is 0.417 e. The number of nitrogens with one attached hydrogen (secondary N) is 1. The second-order valence-corrected chi connectivity index (χ2v) is 7.15. The fraction of sp³-hybridized carbons (Fsp3) is 0.182. The van der Waals surface area contributed by atoms with Gasteiger partial charge in [-0.25, -0.2) is 14.5 Å². The van der Waals surface area contributed by atoms with Crippen molar-refractivity contribution >= 4 is 17.4 Å². The second kappa shape index (κ2) is 9.45. The van der Waals surface area contributed by atoms with E-state index in [0.717, 1.165) is 10.6 Å². The highest BCUT2D eigenvalue weighted by Gasteiger charge is 2.33. The van der Waals surface area contributed by atoms with Crippen LogP contribution in [0.4, 0.5) is 19.0 Å². The second-order valence-electron chi connectivity index (χ2n) is 7.15. The smallest absolute Gasteiger partial charge is 0.417 e. The number of aliphatic hydroxyl groups excluding tert-OH is 2. The summed E-state index contributed by atoms with van der Waals surface area (Å²) in [5.41, 5.74) is -0.719. The van der Waals surface area contributed by atoms with Crippen LogP contribution in [-0.2, 0) is 6.18 Å². The SMILES string of the molecule is O=C(Nc1cc(OCC(O)CO)ccn1)c1cnc2ccc(-c3ccccc3C(F)(F)F)nn12. The van der Waals surface area contributed by atoms with Crippen LogP contribution in [0.2, 0.25) is 0 Å². The maximum absolute atomic E-state index is 13.4. The number of hydrogen-bond acceptors (Lipinski definition) is 7. The zero-order valence-electron chi connectivity index (χ0n) is 17.4. The topological polar surface area (TPSA) is 122 Å². The monoisotopic (exact) mass is 473 g/mol. The van der Waals surface area contributed by atoms with Crippen LogP contribution in [0.5, 0.6) is 5.75 Å². The first-order valence-corrected chi connectivity index (χ1v) is 9.97. The van der Waals surface area contributed by atoms with Gasteiger partial charge in [-0.3, -0.25) is 4.79 Å². The summed E-state index contributed by atoms with van der Waals surface area (Å²) >= 11 is 0. The fourth-order valence-electron chi connectivity index (χ4n) is 3.12. The van der Waals surface area contributed by atoms with Crippen molar-refractivity contribution in [1.29, 1.82) is 0 Å². The number of benzene rings is 1. The Labute approximate surface area is 190 Å². The van der Waals surface area contributed by atoms with Crippen molar-refractivity contribution in [1.82, 2.24) is 19.6 Å². The van der Waals surface area contributed by atoms with Crippen molar-refractivity contribution < 1.29 is 32.9 Å². The van der Waals surface area contributed by atoms with E-state index < -0.39 is 30.4 Å². The molecule has 0 radical (unpaired) electrons. The molecule has 0 aliphatic heterocycles. The lowest BCUT2D eigenvalue weighted by molar-refractivity contribution is -0.137. The molecule has 0 saturated carbocycles. The molecule has 0 saturated heterocycles. The molecule has 1 amide bonds. The van der Waals surface area contributed by atoms with Gasteiger partial charge in [-0.1, -0.05) is 18.2 Å². The normalized spacial score (nSPS) is 12.5. The number of rotatable bonds is 7. The third kappa shape index (κ3) is 4.97. The first-order valence-electron chi connectivity index (χ1n) is 9.97. The van der Waals surface area contributed by atoms with Gasteiger partial charge in [0.25, 0.3) is 5.91 Å². The summed E-state index contributed by atoms with van der Waals surface area (Å²) in [6, 6.07) is 10.8. The number of aromatic nitrogens is 4. The predicted octanol–water partition coefficient (Wildman–Crippen LogP) is 2.79. The standard InChI is InChI=1S/C22H18F3N5O4/c23-22(24,25)16-4-2-1-3-15(16)17-5-6-20-27-10-18(30(20)29-17)21(33)28-19-9-14(7-8-26-19)34-12-13(32)11-31/h1-10,13,31-32H,11-12H2,(H,26,28,33). The van der Waals surface area contributed by atoms with Crippen molar-refractivity contribution in [3.8, 4) is 17.0 Å². The molecule has 0 fully saturated rings. The van der Waals surface area contributed by atoms with Crippen LogP contribution < -0.4 is 10.1 Å². The van der Waals surface area contributed by atoms with E-state index in [4.69, 9.17) is 9.84 Å². The molecule has 1 atom stereocenters. The number of amides is 1. The molecule has 1 unspecified atom stereocenters. The quantitative estimate of drug-likeness (QED) is 0.377. The van der Waals surface area contributed by atoms with Crippen LogP contribution in [-0.4, -0.2) is 55.0 Å². The van der Waals surface area contributed by atoms with E-state index in [2.05, 4.69) is 20.4 Å². The number of hydrogen-bond donors (Lipinski definition) is 3. The van der Waals surface area contributed by atoms with Crippen molar-refractivity contribution in [2.24, 2.45) is 0 Å². The minimum Gasteiger partial charge on any atom is -0.491 e. The molecule has 34 heavy (non-hydrogen) atoms. The summed E-state index contributed by atoms with van der Waals surface area (Å²) in [7, 11) is 0. The van der Waals surface area contributed by atoms with E-state index in [1.165, 1.54) is 54.9 Å². The molecule has 4 aromatic rings. The number of carbonyl (C=O) groups excluding carboxylic acids is 1. The predicted molar refractivity (Wildman–Crippen MR) is 114 cm³/mol. The van der Waals surface area contributed by atoms with E-state index in [0.29, 0.717) is 5.75 Å². The highest BCUT2D eigenvalue weighted by molar-refractivity contribution is 6.03. The highest BCUT2D eigenvalue weighted by atomic mass is 19.4. The number of fused-ring (bicyclic) bond motifs is 1. The van der Waals surface area contributed by atoms with E-state index in [1.54, 1.807) is 0 Å². The Bertz CT molecular complexity index is 1330. The van der Waals surface area contributed by atoms with Crippen molar-refractivity contribution in [3.05, 3.63) is 72.2 Å². The number of imidazole rings is 1. The van der Waals surface area contributed by atoms with Crippen molar-refractivity contribution in [2.75, 3.05) is 18.5 Å². The Morgan fingerprint density at radius 2 is 1.94 bits per heavy atom. The Morgan fingerprint density at radius 3 is 2.71 bits per heavy atom. The molecule has 3 N–H and O–H groups in total. The summed E-state index contributed by atoms with van der Waals surface area (Å²) in [4.78, 5) is 20.9. The number of aliphatic hydroxyl groups is 2. The molecule has 0 bridgehead atoms. The third-order valence-electron chi connectivity index (χ3n) is 4.73. The van der Waals surface area contributed by atoms with Gasteiger partial charge in [0.2, 0.25) is 0 Å². The number of carbonyl (C=O) groups is 1. The Kier molecular flexibility index (Phi) is 6.43. The average molecular weight is 473 g/mol. The van der Waals surface area contributed by atoms with Gasteiger partial charge in [-0.2, -0.15) is 18.3 Å². The lowest BCUT2D eigenvalue weighted by Crippen LogP contribution is -2.21. The molecule has 4 rings (SSSR count). The van der Waals surface area contributed by atoms with Crippen molar-refractivity contribution in [3.63, 3.8) is 0 Å². The van der Waals surface area contributed by atoms with Crippen LogP contribution >= 0.6 is 0 Å². The van der Waals surface area contributed by atoms with E-state index in [-0.39, 0.29) is 35.0 Å². The van der Waals surface area contributed by atoms with Crippen LogP contribution in [0.1, 0.15) is 16.1 Å². The molecular formula is C22H18F3N5O4. The molecule has 3 heterocycles. The molecule has 0 spiro atoms. The Hall–Kier alpha value is -4.03. The van der Waals surface area contributed by atoms with Gasteiger partial charge in [0, 0.05) is 17.8 Å². The Balaban J connectivity index is 1.61. The maximum atomic E-state index is 13.4. The molecule has 3 aromatic heterocycles. The van der Waals surface area contributed by atoms with E-state index in [9.17, 15) is 23.1 Å². The molecule has 0 aliphatic carbocycles. The Morgan fingerprint density at radius 1 is 1.15 bits per heavy atom. The van der Waals surface area contributed by atoms with Gasteiger partial charge in [0.15, 0.2) is 11.3 Å². The van der Waals surface area contributed by atoms with Gasteiger partial charge >= 0.3 is 6.18 Å². The minimum absolute atomic E-state index is 0.0171. The number of ether oxygens (including phenoxy) is 1. The van der Waals surface area contributed by atoms with Crippen LogP contribution in [0.3, 0.4) is 0 Å². The molecular weight excluding hydrogens is 455 g/mol. The van der Waals surface area contributed by atoms with Crippen LogP contribution in [0.25, 0.3) is 16.9 Å². The summed E-state index contributed by atoms with van der Waals surface area (Å²) in [6.45, 7) is -0.626. The first kappa shape index (κ1) is 23.1. The van der Waals surface area contributed by atoms with Gasteiger partial charge in [0.05, 0.1) is 24.1 Å². The van der Waals surface area contributed by atoms with Gasteiger partial charge in [-0.15, -0.1) is 0 Å². The molecule has 9 nitrogen and oxygen atoms in total. The molecule has 1 aromatic carbocycles.